The van der Waals surface area contributed by atoms with Gasteiger partial charge in [-0.25, -0.2) is 0 Å². The maximum atomic E-state index is 13.5. The largest absolute Gasteiger partial charge is 0.507 e. The lowest BCUT2D eigenvalue weighted by Gasteiger charge is -2.40. The van der Waals surface area contributed by atoms with E-state index in [1.165, 1.54) is 5.69 Å². The highest BCUT2D eigenvalue weighted by molar-refractivity contribution is 5.48. The first-order valence-corrected chi connectivity index (χ1v) is 11.2. The minimum absolute atomic E-state index is 0.0404. The van der Waals surface area contributed by atoms with E-state index in [9.17, 15) is 9.90 Å². The molecule has 6 nitrogen and oxygen atoms in total. The molecule has 32 heavy (non-hydrogen) atoms. The lowest BCUT2D eigenvalue weighted by atomic mass is 9.95. The summed E-state index contributed by atoms with van der Waals surface area (Å²) in [5, 5.41) is 11.0. The lowest BCUT2D eigenvalue weighted by molar-refractivity contribution is 0.204. The maximum absolute atomic E-state index is 13.5. The van der Waals surface area contributed by atoms with Gasteiger partial charge in [0.05, 0.1) is 18.7 Å². The predicted octanol–water partition coefficient (Wildman–Crippen LogP) is 3.80. The van der Waals surface area contributed by atoms with Crippen molar-refractivity contribution < 1.29 is 9.84 Å². The molecule has 1 aliphatic rings. The topological polar surface area (TPSA) is 57.9 Å². The van der Waals surface area contributed by atoms with E-state index in [0.29, 0.717) is 17.9 Å². The van der Waals surface area contributed by atoms with Gasteiger partial charge in [-0.3, -0.25) is 9.69 Å². The molecule has 3 aromatic rings. The number of aromatic nitrogens is 1. The number of aromatic hydroxyl groups is 1. The normalized spacial score (nSPS) is 15.5. The summed E-state index contributed by atoms with van der Waals surface area (Å²) in [5.41, 5.74) is 3.11. The van der Waals surface area contributed by atoms with Gasteiger partial charge in [0.2, 0.25) is 0 Å². The van der Waals surface area contributed by atoms with Crippen molar-refractivity contribution >= 4 is 5.69 Å². The number of pyridine rings is 1. The number of aryl methyl sites for hydroxylation is 1. The number of hydrogen-bond donors (Lipinski definition) is 1. The van der Waals surface area contributed by atoms with E-state index in [-0.39, 0.29) is 11.3 Å². The Morgan fingerprint density at radius 3 is 2.31 bits per heavy atom. The third-order valence-electron chi connectivity index (χ3n) is 6.35. The molecule has 0 unspecified atom stereocenters. The first kappa shape index (κ1) is 22.0. The summed E-state index contributed by atoms with van der Waals surface area (Å²) in [5.74, 6) is 0.754. The molecule has 0 saturated carbocycles. The van der Waals surface area contributed by atoms with Crippen LogP contribution in [0.2, 0.25) is 0 Å². The highest BCUT2D eigenvalue weighted by Gasteiger charge is 2.33. The van der Waals surface area contributed by atoms with Gasteiger partial charge in [-0.1, -0.05) is 36.4 Å². The molecule has 1 aliphatic heterocycles. The van der Waals surface area contributed by atoms with Crippen molar-refractivity contribution in [3.8, 4) is 11.5 Å². The number of benzene rings is 2. The lowest BCUT2D eigenvalue weighted by Crippen LogP contribution is -2.49. The van der Waals surface area contributed by atoms with Gasteiger partial charge in [0.15, 0.2) is 0 Å². The Morgan fingerprint density at radius 2 is 1.66 bits per heavy atom. The highest BCUT2D eigenvalue weighted by atomic mass is 16.5. The zero-order valence-corrected chi connectivity index (χ0v) is 19.0. The standard InChI is InChI=1S/C26H31N3O3/c1-4-29-19(2)18-22(30)24(26(29)31)25(21-12-8-9-13-23(21)32-3)28-16-14-27(15-17-28)20-10-6-5-7-11-20/h5-13,18,25,30H,4,14-17H2,1-3H3/t25-/m0/s1. The van der Waals surface area contributed by atoms with Crippen molar-refractivity contribution in [2.24, 2.45) is 0 Å². The number of hydrogen-bond acceptors (Lipinski definition) is 5. The summed E-state index contributed by atoms with van der Waals surface area (Å²) in [6, 6.07) is 19.5. The predicted molar refractivity (Wildman–Crippen MR) is 128 cm³/mol. The van der Waals surface area contributed by atoms with Crippen molar-refractivity contribution in [3.05, 3.63) is 87.8 Å². The fourth-order valence-corrected chi connectivity index (χ4v) is 4.72. The molecule has 2 heterocycles. The zero-order valence-electron chi connectivity index (χ0n) is 19.0. The molecule has 1 saturated heterocycles. The zero-order chi connectivity index (χ0) is 22.7. The third-order valence-corrected chi connectivity index (χ3v) is 6.35. The van der Waals surface area contributed by atoms with Crippen LogP contribution in [0.15, 0.2) is 65.5 Å². The average molecular weight is 434 g/mol. The van der Waals surface area contributed by atoms with Gasteiger partial charge in [-0.05, 0) is 38.1 Å². The summed E-state index contributed by atoms with van der Waals surface area (Å²) in [6.07, 6.45) is 0. The fourth-order valence-electron chi connectivity index (χ4n) is 4.72. The van der Waals surface area contributed by atoms with Crippen LogP contribution < -0.4 is 15.2 Å². The number of para-hydroxylation sites is 2. The first-order valence-electron chi connectivity index (χ1n) is 11.2. The van der Waals surface area contributed by atoms with Gasteiger partial charge in [0, 0.05) is 49.7 Å². The van der Waals surface area contributed by atoms with Gasteiger partial charge in [0.1, 0.15) is 11.5 Å². The van der Waals surface area contributed by atoms with Gasteiger partial charge >= 0.3 is 0 Å². The summed E-state index contributed by atoms with van der Waals surface area (Å²) < 4.78 is 7.38. The van der Waals surface area contributed by atoms with Crippen molar-refractivity contribution in [1.29, 1.82) is 0 Å². The number of ether oxygens (including phenoxy) is 1. The second-order valence-electron chi connectivity index (χ2n) is 8.14. The molecule has 2 aromatic carbocycles. The van der Waals surface area contributed by atoms with Crippen LogP contribution in [-0.2, 0) is 6.54 Å². The first-order chi connectivity index (χ1) is 15.5. The molecule has 0 bridgehead atoms. The van der Waals surface area contributed by atoms with E-state index in [0.717, 1.165) is 37.4 Å². The van der Waals surface area contributed by atoms with Crippen LogP contribution in [0.25, 0.3) is 0 Å². The Balaban J connectivity index is 1.77. The Bertz CT molecular complexity index is 1120. The average Bonchev–Trinajstić information content (AvgIpc) is 2.82. The van der Waals surface area contributed by atoms with Crippen LogP contribution in [0.3, 0.4) is 0 Å². The molecule has 1 N–H and O–H groups in total. The second-order valence-corrected chi connectivity index (χ2v) is 8.14. The van der Waals surface area contributed by atoms with E-state index in [4.69, 9.17) is 4.74 Å². The van der Waals surface area contributed by atoms with E-state index in [2.05, 4.69) is 34.1 Å². The van der Waals surface area contributed by atoms with Crippen molar-refractivity contribution in [1.82, 2.24) is 9.47 Å². The Morgan fingerprint density at radius 1 is 1.00 bits per heavy atom. The molecule has 1 fully saturated rings. The van der Waals surface area contributed by atoms with Crippen LogP contribution in [0, 0.1) is 6.92 Å². The van der Waals surface area contributed by atoms with Crippen LogP contribution in [0.4, 0.5) is 5.69 Å². The molecular weight excluding hydrogens is 402 g/mol. The maximum Gasteiger partial charge on any atom is 0.259 e. The Kier molecular flexibility index (Phi) is 6.51. The number of rotatable bonds is 6. The molecule has 1 atom stereocenters. The van der Waals surface area contributed by atoms with E-state index in [1.54, 1.807) is 17.7 Å². The molecule has 0 radical (unpaired) electrons. The molecule has 0 aliphatic carbocycles. The van der Waals surface area contributed by atoms with Gasteiger partial charge in [-0.15, -0.1) is 0 Å². The van der Waals surface area contributed by atoms with E-state index >= 15 is 0 Å². The summed E-state index contributed by atoms with van der Waals surface area (Å²) in [4.78, 5) is 18.1. The summed E-state index contributed by atoms with van der Waals surface area (Å²) in [7, 11) is 1.64. The quantitative estimate of drug-likeness (QED) is 0.641. The molecule has 0 amide bonds. The monoisotopic (exact) mass is 433 g/mol. The number of nitrogens with zero attached hydrogens (tertiary/aromatic N) is 3. The van der Waals surface area contributed by atoms with Crippen LogP contribution in [0.5, 0.6) is 11.5 Å². The third kappa shape index (κ3) is 4.10. The Hall–Kier alpha value is -3.25. The molecule has 4 rings (SSSR count). The molecule has 1 aromatic heterocycles. The number of anilines is 1. The minimum Gasteiger partial charge on any atom is -0.507 e. The summed E-state index contributed by atoms with van der Waals surface area (Å²) in [6.45, 7) is 7.55. The summed E-state index contributed by atoms with van der Waals surface area (Å²) >= 11 is 0. The number of methoxy groups -OCH3 is 1. The Labute approximate surface area is 189 Å². The van der Waals surface area contributed by atoms with Crippen LogP contribution >= 0.6 is 0 Å². The smallest absolute Gasteiger partial charge is 0.259 e. The van der Waals surface area contributed by atoms with E-state index in [1.807, 2.05) is 44.2 Å². The fraction of sp³-hybridized carbons (Fsp3) is 0.346. The van der Waals surface area contributed by atoms with Gasteiger partial charge in [0.25, 0.3) is 5.56 Å². The van der Waals surface area contributed by atoms with Crippen molar-refractivity contribution in [2.75, 3.05) is 38.2 Å². The van der Waals surface area contributed by atoms with Crippen molar-refractivity contribution in [2.45, 2.75) is 26.4 Å². The van der Waals surface area contributed by atoms with Gasteiger partial charge in [-0.2, -0.15) is 0 Å². The molecular formula is C26H31N3O3. The second kappa shape index (κ2) is 9.49. The molecule has 168 valence electrons. The van der Waals surface area contributed by atoms with Crippen LogP contribution in [-0.4, -0.2) is 47.9 Å². The SMILES string of the molecule is CCn1c(C)cc(O)c([C@H](c2ccccc2OC)N2CCN(c3ccccc3)CC2)c1=O. The molecule has 6 heteroatoms. The van der Waals surface area contributed by atoms with Crippen LogP contribution in [0.1, 0.15) is 29.8 Å². The van der Waals surface area contributed by atoms with E-state index < -0.39 is 6.04 Å². The molecule has 0 spiro atoms. The van der Waals surface area contributed by atoms with Crippen molar-refractivity contribution in [3.63, 3.8) is 0 Å². The highest BCUT2D eigenvalue weighted by Crippen LogP contribution is 2.37. The van der Waals surface area contributed by atoms with Gasteiger partial charge < -0.3 is 19.3 Å². The minimum atomic E-state index is -0.394. The number of piperazine rings is 1.